The lowest BCUT2D eigenvalue weighted by atomic mass is 10.1. The number of nitrogens with zero attached hydrogens (tertiary/aromatic N) is 3. The Bertz CT molecular complexity index is 989. The van der Waals surface area contributed by atoms with E-state index in [9.17, 15) is 9.59 Å². The molecule has 4 amide bonds. The van der Waals surface area contributed by atoms with Gasteiger partial charge in [0, 0.05) is 24.3 Å². The Kier molecular flexibility index (Phi) is 5.95. The number of fused-ring (bicyclic) bond motifs is 1. The van der Waals surface area contributed by atoms with Crippen LogP contribution in [0.4, 0.5) is 21.1 Å². The molecule has 0 aliphatic carbocycles. The molecule has 2 heterocycles. The van der Waals surface area contributed by atoms with Crippen molar-refractivity contribution >= 4 is 34.7 Å². The normalized spacial score (nSPS) is 10.4. The fourth-order valence-electron chi connectivity index (χ4n) is 2.50. The van der Waals surface area contributed by atoms with Crippen molar-refractivity contribution in [3.05, 3.63) is 42.6 Å². The summed E-state index contributed by atoms with van der Waals surface area (Å²) >= 11 is 0. The molecule has 28 heavy (non-hydrogen) atoms. The third-order valence-electron chi connectivity index (χ3n) is 3.76. The van der Waals surface area contributed by atoms with Gasteiger partial charge in [0.15, 0.2) is 11.5 Å². The maximum atomic E-state index is 11.6. The molecule has 4 N–H and O–H groups in total. The van der Waals surface area contributed by atoms with Gasteiger partial charge in [-0.05, 0) is 38.1 Å². The van der Waals surface area contributed by atoms with E-state index in [0.29, 0.717) is 41.5 Å². The molecule has 9 heteroatoms. The summed E-state index contributed by atoms with van der Waals surface area (Å²) in [5.41, 5.74) is 3.31. The van der Waals surface area contributed by atoms with Crippen molar-refractivity contribution in [2.75, 3.05) is 23.7 Å². The third-order valence-corrected chi connectivity index (χ3v) is 3.76. The number of nitrogens with one attached hydrogen (secondary N) is 4. The zero-order valence-corrected chi connectivity index (χ0v) is 15.6. The van der Waals surface area contributed by atoms with E-state index in [-0.39, 0.29) is 12.1 Å². The predicted octanol–water partition coefficient (Wildman–Crippen LogP) is 2.97. The van der Waals surface area contributed by atoms with Gasteiger partial charge < -0.3 is 16.0 Å². The Morgan fingerprint density at radius 1 is 0.857 bits per heavy atom. The number of anilines is 2. The van der Waals surface area contributed by atoms with Gasteiger partial charge in [-0.15, -0.1) is 0 Å². The van der Waals surface area contributed by atoms with Gasteiger partial charge in [0.1, 0.15) is 5.52 Å². The van der Waals surface area contributed by atoms with Gasteiger partial charge in [-0.1, -0.05) is 12.1 Å². The molecule has 144 valence electrons. The molecule has 3 aromatic rings. The highest BCUT2D eigenvalue weighted by Crippen LogP contribution is 2.22. The molecule has 3 rings (SSSR count). The topological polar surface area (TPSA) is 121 Å². The Labute approximate surface area is 162 Å². The highest BCUT2D eigenvalue weighted by molar-refractivity contribution is 5.90. The minimum absolute atomic E-state index is 0.249. The van der Waals surface area contributed by atoms with Gasteiger partial charge in [-0.25, -0.2) is 24.5 Å². The van der Waals surface area contributed by atoms with Crippen LogP contribution < -0.4 is 21.3 Å². The van der Waals surface area contributed by atoms with Crippen LogP contribution in [0, 0.1) is 0 Å². The molecule has 9 nitrogen and oxygen atoms in total. The summed E-state index contributed by atoms with van der Waals surface area (Å²) in [5.74, 6) is 0.324. The molecule has 0 fully saturated rings. The van der Waals surface area contributed by atoms with Gasteiger partial charge in [0.2, 0.25) is 0 Å². The molecule has 0 bridgehead atoms. The number of hydrogen-bond acceptors (Lipinski definition) is 5. The molecule has 0 spiro atoms. The molecule has 0 aliphatic heterocycles. The lowest BCUT2D eigenvalue weighted by molar-refractivity contribution is 0.251. The molecule has 1 aromatic carbocycles. The number of benzene rings is 1. The van der Waals surface area contributed by atoms with Crippen LogP contribution in [0.15, 0.2) is 42.6 Å². The van der Waals surface area contributed by atoms with Crippen molar-refractivity contribution in [1.82, 2.24) is 25.6 Å². The molecule has 0 aliphatic rings. The number of pyridine rings is 1. The molecule has 2 aromatic heterocycles. The molecule has 0 saturated carbocycles. The summed E-state index contributed by atoms with van der Waals surface area (Å²) in [6, 6.07) is 10.4. The minimum atomic E-state index is -0.345. The largest absolute Gasteiger partial charge is 0.338 e. The average molecular weight is 379 g/mol. The Balaban J connectivity index is 1.80. The molecule has 0 saturated heterocycles. The van der Waals surface area contributed by atoms with Crippen molar-refractivity contribution in [1.29, 1.82) is 0 Å². The summed E-state index contributed by atoms with van der Waals surface area (Å²) in [4.78, 5) is 36.4. The van der Waals surface area contributed by atoms with Crippen LogP contribution in [-0.4, -0.2) is 40.1 Å². The standard InChI is InChI=1S/C19H21N7O2/c1-3-20-18(27)23-13-7-5-12(6-8-13)14-9-10-15-17(24-14)25-16(11-22-15)26-19(28)21-4-2/h5-11H,3-4H2,1-2H3,(H2,20,23,27)(H2,21,24,25,26,28). The van der Waals surface area contributed by atoms with Crippen LogP contribution in [-0.2, 0) is 0 Å². The second-order valence-corrected chi connectivity index (χ2v) is 5.84. The van der Waals surface area contributed by atoms with Gasteiger partial charge in [0.25, 0.3) is 0 Å². The monoisotopic (exact) mass is 379 g/mol. The molecule has 0 unspecified atom stereocenters. The van der Waals surface area contributed by atoms with Gasteiger partial charge in [-0.2, -0.15) is 0 Å². The van der Waals surface area contributed by atoms with E-state index in [1.807, 2.05) is 38.1 Å². The number of hydrogen-bond donors (Lipinski definition) is 4. The molecular formula is C19H21N7O2. The highest BCUT2D eigenvalue weighted by atomic mass is 16.2. The quantitative estimate of drug-likeness (QED) is 0.543. The summed E-state index contributed by atoms with van der Waals surface area (Å²) in [7, 11) is 0. The van der Waals surface area contributed by atoms with Crippen LogP contribution >= 0.6 is 0 Å². The average Bonchev–Trinajstić information content (AvgIpc) is 2.68. The van der Waals surface area contributed by atoms with E-state index in [1.54, 1.807) is 12.1 Å². The molecule has 0 radical (unpaired) electrons. The predicted molar refractivity (Wildman–Crippen MR) is 108 cm³/mol. The van der Waals surface area contributed by atoms with E-state index >= 15 is 0 Å². The first-order valence-electron chi connectivity index (χ1n) is 8.93. The van der Waals surface area contributed by atoms with E-state index in [2.05, 4.69) is 36.2 Å². The minimum Gasteiger partial charge on any atom is -0.338 e. The van der Waals surface area contributed by atoms with Crippen molar-refractivity contribution in [3.8, 4) is 11.3 Å². The number of carbonyl (C=O) groups excluding carboxylic acids is 2. The second kappa shape index (κ2) is 8.76. The summed E-state index contributed by atoms with van der Waals surface area (Å²) in [6.07, 6.45) is 1.49. The lowest BCUT2D eigenvalue weighted by Gasteiger charge is -2.08. The van der Waals surface area contributed by atoms with Crippen LogP contribution in [0.25, 0.3) is 22.4 Å². The van der Waals surface area contributed by atoms with Crippen LogP contribution in [0.2, 0.25) is 0 Å². The van der Waals surface area contributed by atoms with Gasteiger partial charge >= 0.3 is 12.1 Å². The van der Waals surface area contributed by atoms with Crippen molar-refractivity contribution in [3.63, 3.8) is 0 Å². The maximum absolute atomic E-state index is 11.6. The Hall–Kier alpha value is -3.75. The summed E-state index contributed by atoms with van der Waals surface area (Å²) in [6.45, 7) is 4.76. The molecular weight excluding hydrogens is 358 g/mol. The molecule has 0 atom stereocenters. The first-order chi connectivity index (χ1) is 13.6. The fraction of sp³-hybridized carbons (Fsp3) is 0.211. The summed E-state index contributed by atoms with van der Waals surface area (Å²) in [5, 5.41) is 10.7. The smallest absolute Gasteiger partial charge is 0.320 e. The Morgan fingerprint density at radius 2 is 1.54 bits per heavy atom. The second-order valence-electron chi connectivity index (χ2n) is 5.84. The first-order valence-corrected chi connectivity index (χ1v) is 8.93. The number of carbonyl (C=O) groups is 2. The Morgan fingerprint density at radius 3 is 2.21 bits per heavy atom. The van der Waals surface area contributed by atoms with Crippen molar-refractivity contribution in [2.45, 2.75) is 13.8 Å². The maximum Gasteiger partial charge on any atom is 0.320 e. The third kappa shape index (κ3) is 4.70. The van der Waals surface area contributed by atoms with Crippen LogP contribution in [0.1, 0.15) is 13.8 Å². The zero-order chi connectivity index (χ0) is 19.9. The number of aromatic nitrogens is 3. The van der Waals surface area contributed by atoms with Gasteiger partial charge in [0.05, 0.1) is 11.9 Å². The lowest BCUT2D eigenvalue weighted by Crippen LogP contribution is -2.28. The van der Waals surface area contributed by atoms with E-state index < -0.39 is 0 Å². The van der Waals surface area contributed by atoms with Crippen molar-refractivity contribution in [2.24, 2.45) is 0 Å². The highest BCUT2D eigenvalue weighted by Gasteiger charge is 2.07. The van der Waals surface area contributed by atoms with E-state index in [1.165, 1.54) is 6.20 Å². The van der Waals surface area contributed by atoms with Crippen LogP contribution in [0.3, 0.4) is 0 Å². The fourth-order valence-corrected chi connectivity index (χ4v) is 2.50. The van der Waals surface area contributed by atoms with Crippen LogP contribution in [0.5, 0.6) is 0 Å². The van der Waals surface area contributed by atoms with E-state index in [4.69, 9.17) is 0 Å². The van der Waals surface area contributed by atoms with Crippen molar-refractivity contribution < 1.29 is 9.59 Å². The SMILES string of the molecule is CCNC(=O)Nc1ccc(-c2ccc3ncc(NC(=O)NCC)nc3n2)cc1. The number of urea groups is 2. The summed E-state index contributed by atoms with van der Waals surface area (Å²) < 4.78 is 0. The van der Waals surface area contributed by atoms with Gasteiger partial charge in [-0.3, -0.25) is 5.32 Å². The number of amides is 4. The zero-order valence-electron chi connectivity index (χ0n) is 15.6. The number of rotatable bonds is 5. The first kappa shape index (κ1) is 19.0. The van der Waals surface area contributed by atoms with E-state index in [0.717, 1.165) is 5.56 Å².